The molecule has 2 fully saturated rings. The molecule has 1 saturated carbocycles. The molecule has 2 aromatic heterocycles. The molecule has 0 bridgehead atoms. The van der Waals surface area contributed by atoms with E-state index in [4.69, 9.17) is 9.52 Å². The predicted octanol–water partition coefficient (Wildman–Crippen LogP) is 3.47. The van der Waals surface area contributed by atoms with Gasteiger partial charge < -0.3 is 24.6 Å². The summed E-state index contributed by atoms with van der Waals surface area (Å²) in [6.45, 7) is -0.121. The summed E-state index contributed by atoms with van der Waals surface area (Å²) in [7, 11) is -3.81. The third-order valence-corrected chi connectivity index (χ3v) is 9.32. The smallest absolute Gasteiger partial charge is 0.371 e. The Bertz CT molecular complexity index is 1470. The van der Waals surface area contributed by atoms with Crippen molar-refractivity contribution < 1.29 is 41.5 Å². The number of Topliss-reactive ketones (excluding diaryl/α,β-unsaturated/α-hetero) is 1. The van der Waals surface area contributed by atoms with Crippen LogP contribution in [0.15, 0.2) is 80.9 Å². The zero-order chi connectivity index (χ0) is 30.8. The maximum Gasteiger partial charge on any atom is 0.371 e. The zero-order valence-corrected chi connectivity index (χ0v) is 24.3. The highest BCUT2D eigenvalue weighted by Gasteiger charge is 2.35. The fraction of sp³-hybridized carbons (Fsp3) is 0.400. The lowest BCUT2D eigenvalue weighted by Crippen LogP contribution is -2.52. The number of carboxylic acids is 1. The molecule has 2 amide bonds. The number of carbonyl (C=O) groups excluding carboxylic acids is 3. The Labute approximate surface area is 249 Å². The van der Waals surface area contributed by atoms with Crippen molar-refractivity contribution in [3.8, 4) is 0 Å². The van der Waals surface area contributed by atoms with Crippen LogP contribution >= 0.6 is 0 Å². The van der Waals surface area contributed by atoms with Crippen molar-refractivity contribution in [2.24, 2.45) is 5.92 Å². The second-order valence-electron chi connectivity index (χ2n) is 10.5. The van der Waals surface area contributed by atoms with Gasteiger partial charge in [-0.2, -0.15) is 4.31 Å². The molecule has 0 radical (unpaired) electrons. The van der Waals surface area contributed by atoms with Crippen LogP contribution in [0, 0.1) is 5.92 Å². The minimum atomic E-state index is -3.81. The van der Waals surface area contributed by atoms with Crippen LogP contribution in [-0.2, 0) is 19.6 Å². The van der Waals surface area contributed by atoms with Crippen LogP contribution in [0.3, 0.4) is 0 Å². The topological polar surface area (TPSA) is 176 Å². The largest absolute Gasteiger partial charge is 0.475 e. The first-order valence-corrected chi connectivity index (χ1v) is 15.6. The van der Waals surface area contributed by atoms with Crippen molar-refractivity contribution in [1.82, 2.24) is 14.9 Å². The van der Waals surface area contributed by atoms with Gasteiger partial charge in [0.05, 0.1) is 30.0 Å². The van der Waals surface area contributed by atoms with Gasteiger partial charge >= 0.3 is 5.97 Å². The number of carbonyl (C=O) groups is 4. The normalized spacial score (nSPS) is 18.6. The van der Waals surface area contributed by atoms with Crippen LogP contribution < -0.4 is 10.6 Å². The summed E-state index contributed by atoms with van der Waals surface area (Å²) in [5.74, 6) is -1.91. The fourth-order valence-corrected chi connectivity index (χ4v) is 6.68. The first-order valence-electron chi connectivity index (χ1n) is 14.1. The van der Waals surface area contributed by atoms with Crippen LogP contribution in [0.4, 0.5) is 0 Å². The fourth-order valence-electron chi connectivity index (χ4n) is 5.22. The van der Waals surface area contributed by atoms with E-state index < -0.39 is 39.9 Å². The summed E-state index contributed by atoms with van der Waals surface area (Å²) >= 11 is 0. The van der Waals surface area contributed by atoms with E-state index in [-0.39, 0.29) is 35.3 Å². The number of benzene rings is 1. The van der Waals surface area contributed by atoms with Gasteiger partial charge in [0.25, 0.3) is 5.91 Å². The molecule has 3 aromatic rings. The van der Waals surface area contributed by atoms with E-state index in [2.05, 4.69) is 15.1 Å². The van der Waals surface area contributed by atoms with E-state index in [9.17, 15) is 27.6 Å². The first kappa shape index (κ1) is 31.7. The maximum atomic E-state index is 13.2. The second kappa shape index (κ2) is 14.8. The van der Waals surface area contributed by atoms with Gasteiger partial charge in [0, 0.05) is 6.54 Å². The summed E-state index contributed by atoms with van der Waals surface area (Å²) in [6.07, 6.45) is 8.13. The third kappa shape index (κ3) is 8.64. The Morgan fingerprint density at radius 2 is 1.56 bits per heavy atom. The highest BCUT2D eigenvalue weighted by atomic mass is 32.2. The molecule has 1 aliphatic carbocycles. The van der Waals surface area contributed by atoms with E-state index in [0.29, 0.717) is 25.2 Å². The zero-order valence-electron chi connectivity index (χ0n) is 23.5. The maximum absolute atomic E-state index is 13.2. The van der Waals surface area contributed by atoms with Gasteiger partial charge in [0.1, 0.15) is 6.04 Å². The number of hydrogen-bond acceptors (Lipinski definition) is 8. The number of hydrogen-bond donors (Lipinski definition) is 3. The van der Waals surface area contributed by atoms with Gasteiger partial charge in [-0.25, -0.2) is 13.2 Å². The number of amides is 2. The lowest BCUT2D eigenvalue weighted by atomic mass is 9.97. The van der Waals surface area contributed by atoms with Gasteiger partial charge in [0.15, 0.2) is 11.5 Å². The number of furan rings is 2. The van der Waals surface area contributed by atoms with E-state index in [1.165, 1.54) is 47.2 Å². The Morgan fingerprint density at radius 1 is 0.907 bits per heavy atom. The van der Waals surface area contributed by atoms with Gasteiger partial charge in [0.2, 0.25) is 21.7 Å². The van der Waals surface area contributed by atoms with E-state index in [0.717, 1.165) is 25.7 Å². The lowest BCUT2D eigenvalue weighted by Gasteiger charge is -2.24. The molecule has 1 aliphatic heterocycles. The highest BCUT2D eigenvalue weighted by molar-refractivity contribution is 7.89. The summed E-state index contributed by atoms with van der Waals surface area (Å²) in [4.78, 5) is 48.9. The van der Waals surface area contributed by atoms with Crippen LogP contribution in [0.2, 0.25) is 0 Å². The van der Waals surface area contributed by atoms with Crippen LogP contribution in [-0.4, -0.2) is 66.6 Å². The first-order chi connectivity index (χ1) is 20.6. The molecule has 2 aliphatic rings. The number of carboxylic acid groups (broad SMARTS) is 1. The average molecular weight is 614 g/mol. The number of nitrogens with one attached hydrogen (secondary N) is 2. The molecular weight excluding hydrogens is 578 g/mol. The standard InChI is InChI=1S/C25H31N3O6S.C5H4O3/c29-22-17-28(35(32,33)19-10-2-1-3-11-19)14-6-12-20(22)26-24(30)21(16-18-8-4-5-9-18)27-25(31)23-13-7-15-34-23;6-5(7)4-2-1-3-8-4/h1-3,7,10-11,13,15,18,20-21H,4-6,8-9,12,14,16-17H2,(H,26,30)(H,27,31);1-3H,(H,6,7)/t20?,21-;/m0./s1. The lowest BCUT2D eigenvalue weighted by molar-refractivity contribution is -0.129. The molecule has 12 nitrogen and oxygen atoms in total. The van der Waals surface area contributed by atoms with Crippen molar-refractivity contribution >= 4 is 33.6 Å². The van der Waals surface area contributed by atoms with E-state index in [1.807, 2.05) is 0 Å². The SMILES string of the molecule is O=C(N[C@@H](CC1CCCC1)C(=O)NC1CCCN(S(=O)(=O)c2ccccc2)CC1=O)c1ccco1.O=C(O)c1ccco1. The summed E-state index contributed by atoms with van der Waals surface area (Å²) in [5.41, 5.74) is 0. The quantitative estimate of drug-likeness (QED) is 0.326. The van der Waals surface area contributed by atoms with Crippen LogP contribution in [0.1, 0.15) is 66.1 Å². The summed E-state index contributed by atoms with van der Waals surface area (Å²) in [6, 6.07) is 12.4. The molecular formula is C30H35N3O9S. The predicted molar refractivity (Wildman–Crippen MR) is 154 cm³/mol. The summed E-state index contributed by atoms with van der Waals surface area (Å²) in [5, 5.41) is 13.7. The van der Waals surface area contributed by atoms with E-state index in [1.54, 1.807) is 24.3 Å². The average Bonchev–Trinajstić information content (AvgIpc) is 3.79. The number of rotatable bonds is 9. The molecule has 1 unspecified atom stereocenters. The van der Waals surface area contributed by atoms with Crippen molar-refractivity contribution in [2.75, 3.05) is 13.1 Å². The highest BCUT2D eigenvalue weighted by Crippen LogP contribution is 2.29. The third-order valence-electron chi connectivity index (χ3n) is 7.46. The Morgan fingerprint density at radius 3 is 2.14 bits per heavy atom. The molecule has 3 N–H and O–H groups in total. The van der Waals surface area contributed by atoms with Gasteiger partial charge in [-0.3, -0.25) is 14.4 Å². The van der Waals surface area contributed by atoms with Crippen molar-refractivity contribution in [3.63, 3.8) is 0 Å². The molecule has 2 atom stereocenters. The Kier molecular flexibility index (Phi) is 10.9. The molecule has 5 rings (SSSR count). The van der Waals surface area contributed by atoms with Crippen molar-refractivity contribution in [3.05, 3.63) is 78.6 Å². The number of nitrogens with zero attached hydrogens (tertiary/aromatic N) is 1. The number of ketones is 1. The Balaban J connectivity index is 0.000000458. The minimum absolute atomic E-state index is 0.0231. The molecule has 13 heteroatoms. The summed E-state index contributed by atoms with van der Waals surface area (Å²) < 4.78 is 36.8. The molecule has 0 spiro atoms. The molecule has 230 valence electrons. The van der Waals surface area contributed by atoms with Gasteiger partial charge in [-0.1, -0.05) is 43.9 Å². The van der Waals surface area contributed by atoms with Gasteiger partial charge in [-0.05, 0) is 61.6 Å². The van der Waals surface area contributed by atoms with Crippen molar-refractivity contribution in [1.29, 1.82) is 0 Å². The Hall–Kier alpha value is -4.23. The minimum Gasteiger partial charge on any atom is -0.475 e. The monoisotopic (exact) mass is 613 g/mol. The van der Waals surface area contributed by atoms with E-state index >= 15 is 0 Å². The number of sulfonamides is 1. The second-order valence-corrected chi connectivity index (χ2v) is 12.4. The van der Waals surface area contributed by atoms with Gasteiger partial charge in [-0.15, -0.1) is 0 Å². The number of aromatic carboxylic acids is 1. The molecule has 3 heterocycles. The van der Waals surface area contributed by atoms with Crippen molar-refractivity contribution in [2.45, 2.75) is 61.9 Å². The molecule has 1 aromatic carbocycles. The molecule has 1 saturated heterocycles. The van der Waals surface area contributed by atoms with Crippen LogP contribution in [0.5, 0.6) is 0 Å². The molecule has 43 heavy (non-hydrogen) atoms. The van der Waals surface area contributed by atoms with Crippen LogP contribution in [0.25, 0.3) is 0 Å².